The lowest BCUT2D eigenvalue weighted by molar-refractivity contribution is 0.413. The first kappa shape index (κ1) is 11.6. The van der Waals surface area contributed by atoms with Crippen LogP contribution in [0, 0.1) is 5.82 Å². The number of ether oxygens (including phenoxy) is 1. The Hall–Kier alpha value is -0.470. The Morgan fingerprint density at radius 3 is 2.71 bits per heavy atom. The van der Waals surface area contributed by atoms with E-state index in [4.69, 9.17) is 27.9 Å². The van der Waals surface area contributed by atoms with Gasteiger partial charge in [-0.2, -0.15) is 0 Å². The maximum atomic E-state index is 13.3. The Morgan fingerprint density at radius 2 is 2.14 bits per heavy atom. The molecular weight excluding hydrogens is 226 g/mol. The van der Waals surface area contributed by atoms with Gasteiger partial charge in [0.2, 0.25) is 0 Å². The fourth-order valence-electron chi connectivity index (χ4n) is 1.21. The fourth-order valence-corrected chi connectivity index (χ4v) is 1.67. The molecule has 0 bridgehead atoms. The van der Waals surface area contributed by atoms with Crippen LogP contribution in [-0.4, -0.2) is 13.0 Å². The van der Waals surface area contributed by atoms with E-state index in [1.807, 2.05) is 0 Å². The molecule has 1 rings (SSSR count). The molecule has 1 nitrogen and oxygen atoms in total. The van der Waals surface area contributed by atoms with Crippen molar-refractivity contribution >= 4 is 23.2 Å². The minimum atomic E-state index is -0.305. The number of halogens is 3. The number of benzene rings is 1. The fraction of sp³-hybridized carbons (Fsp3) is 0.400. The maximum absolute atomic E-state index is 13.3. The largest absolute Gasteiger partial charge is 0.495 e. The van der Waals surface area contributed by atoms with Crippen LogP contribution in [0.5, 0.6) is 5.75 Å². The quantitative estimate of drug-likeness (QED) is 0.726. The second-order valence-electron chi connectivity index (χ2n) is 2.83. The first-order chi connectivity index (χ1) is 6.70. The van der Waals surface area contributed by atoms with Crippen molar-refractivity contribution in [3.05, 3.63) is 28.5 Å². The summed E-state index contributed by atoms with van der Waals surface area (Å²) in [7, 11) is 1.50. The normalized spacial score (nSPS) is 10.3. The zero-order chi connectivity index (χ0) is 10.6. The first-order valence-corrected chi connectivity index (χ1v) is 5.18. The van der Waals surface area contributed by atoms with E-state index in [2.05, 4.69) is 0 Å². The van der Waals surface area contributed by atoms with Gasteiger partial charge in [-0.25, -0.2) is 4.39 Å². The van der Waals surface area contributed by atoms with Crippen LogP contribution in [0.1, 0.15) is 12.0 Å². The number of hydrogen-bond acceptors (Lipinski definition) is 1. The molecule has 14 heavy (non-hydrogen) atoms. The molecular formula is C10H11Cl2FO. The Morgan fingerprint density at radius 1 is 1.43 bits per heavy atom. The van der Waals surface area contributed by atoms with Crippen LogP contribution >= 0.6 is 23.2 Å². The van der Waals surface area contributed by atoms with Gasteiger partial charge in [-0.05, 0) is 25.0 Å². The smallest absolute Gasteiger partial charge is 0.137 e. The van der Waals surface area contributed by atoms with Crippen molar-refractivity contribution in [2.75, 3.05) is 13.0 Å². The monoisotopic (exact) mass is 236 g/mol. The molecule has 0 atom stereocenters. The topological polar surface area (TPSA) is 9.23 Å². The summed E-state index contributed by atoms with van der Waals surface area (Å²) in [6.45, 7) is 0. The van der Waals surface area contributed by atoms with Crippen molar-refractivity contribution in [1.29, 1.82) is 0 Å². The van der Waals surface area contributed by atoms with Crippen LogP contribution in [0.4, 0.5) is 4.39 Å². The van der Waals surface area contributed by atoms with E-state index < -0.39 is 0 Å². The molecule has 0 aromatic heterocycles. The molecule has 0 aliphatic carbocycles. The van der Waals surface area contributed by atoms with Crippen LogP contribution in [0.15, 0.2) is 12.1 Å². The molecule has 1 aromatic rings. The highest BCUT2D eigenvalue weighted by atomic mass is 35.5. The summed E-state index contributed by atoms with van der Waals surface area (Å²) < 4.78 is 18.3. The molecule has 0 unspecified atom stereocenters. The van der Waals surface area contributed by atoms with Gasteiger partial charge in [0.1, 0.15) is 11.6 Å². The first-order valence-electron chi connectivity index (χ1n) is 4.27. The maximum Gasteiger partial charge on any atom is 0.137 e. The molecule has 78 valence electrons. The van der Waals surface area contributed by atoms with Gasteiger partial charge in [0.05, 0.1) is 12.1 Å². The zero-order valence-electron chi connectivity index (χ0n) is 7.82. The molecule has 0 aliphatic heterocycles. The lowest BCUT2D eigenvalue weighted by atomic mass is 10.1. The molecule has 0 aliphatic rings. The van der Waals surface area contributed by atoms with Gasteiger partial charge in [0.15, 0.2) is 0 Å². The van der Waals surface area contributed by atoms with Crippen molar-refractivity contribution < 1.29 is 9.13 Å². The lowest BCUT2D eigenvalue weighted by Crippen LogP contribution is -1.96. The van der Waals surface area contributed by atoms with Crippen LogP contribution in [0.3, 0.4) is 0 Å². The summed E-state index contributed by atoms with van der Waals surface area (Å²) in [4.78, 5) is 0. The molecule has 4 heteroatoms. The van der Waals surface area contributed by atoms with E-state index in [0.717, 1.165) is 0 Å². The predicted molar refractivity (Wildman–Crippen MR) is 57.0 cm³/mol. The SMILES string of the molecule is COc1ccc(F)c(CCCCl)c1Cl. The summed E-state index contributed by atoms with van der Waals surface area (Å²) in [5.41, 5.74) is 0.478. The Balaban J connectivity index is 2.99. The molecule has 0 saturated heterocycles. The summed E-state index contributed by atoms with van der Waals surface area (Å²) in [5, 5.41) is 0.345. The van der Waals surface area contributed by atoms with Gasteiger partial charge in [0, 0.05) is 11.4 Å². The van der Waals surface area contributed by atoms with E-state index in [-0.39, 0.29) is 5.82 Å². The van der Waals surface area contributed by atoms with Crippen molar-refractivity contribution in [2.45, 2.75) is 12.8 Å². The van der Waals surface area contributed by atoms with Gasteiger partial charge in [-0.15, -0.1) is 11.6 Å². The minimum Gasteiger partial charge on any atom is -0.495 e. The average molecular weight is 237 g/mol. The highest BCUT2D eigenvalue weighted by Crippen LogP contribution is 2.30. The second kappa shape index (κ2) is 5.42. The third-order valence-electron chi connectivity index (χ3n) is 1.93. The van der Waals surface area contributed by atoms with E-state index in [9.17, 15) is 4.39 Å². The van der Waals surface area contributed by atoms with E-state index in [1.165, 1.54) is 19.2 Å². The van der Waals surface area contributed by atoms with Crippen molar-refractivity contribution in [1.82, 2.24) is 0 Å². The predicted octanol–water partition coefficient (Wildman–Crippen LogP) is 3.66. The highest BCUT2D eigenvalue weighted by molar-refractivity contribution is 6.32. The Kier molecular flexibility index (Phi) is 4.49. The molecule has 0 radical (unpaired) electrons. The summed E-state index contributed by atoms with van der Waals surface area (Å²) in [6, 6.07) is 2.87. The lowest BCUT2D eigenvalue weighted by Gasteiger charge is -2.08. The van der Waals surface area contributed by atoms with Crippen LogP contribution in [-0.2, 0) is 6.42 Å². The zero-order valence-corrected chi connectivity index (χ0v) is 9.33. The van der Waals surface area contributed by atoms with E-state index >= 15 is 0 Å². The van der Waals surface area contributed by atoms with Gasteiger partial charge in [-0.1, -0.05) is 11.6 Å². The van der Waals surface area contributed by atoms with Gasteiger partial charge in [0.25, 0.3) is 0 Å². The van der Waals surface area contributed by atoms with E-state index in [0.29, 0.717) is 35.1 Å². The van der Waals surface area contributed by atoms with Gasteiger partial charge in [-0.3, -0.25) is 0 Å². The van der Waals surface area contributed by atoms with E-state index in [1.54, 1.807) is 0 Å². The van der Waals surface area contributed by atoms with Crippen LogP contribution in [0.25, 0.3) is 0 Å². The third kappa shape index (κ3) is 2.52. The molecule has 0 N–H and O–H groups in total. The Labute approximate surface area is 92.8 Å². The molecule has 0 spiro atoms. The number of hydrogen-bond donors (Lipinski definition) is 0. The van der Waals surface area contributed by atoms with Crippen molar-refractivity contribution in [2.24, 2.45) is 0 Å². The number of methoxy groups -OCH3 is 1. The minimum absolute atomic E-state index is 0.305. The van der Waals surface area contributed by atoms with Crippen LogP contribution < -0.4 is 4.74 Å². The summed E-state index contributed by atoms with van der Waals surface area (Å²) in [5.74, 6) is 0.686. The standard InChI is InChI=1S/C10H11Cl2FO/c1-14-9-5-4-8(13)7(10(9)12)3-2-6-11/h4-5H,2-3,6H2,1H3. The molecule has 1 aromatic carbocycles. The van der Waals surface area contributed by atoms with Crippen LogP contribution in [0.2, 0.25) is 5.02 Å². The van der Waals surface area contributed by atoms with Crippen molar-refractivity contribution in [3.63, 3.8) is 0 Å². The second-order valence-corrected chi connectivity index (χ2v) is 3.59. The number of alkyl halides is 1. The highest BCUT2D eigenvalue weighted by Gasteiger charge is 2.11. The number of rotatable bonds is 4. The molecule has 0 fully saturated rings. The summed E-state index contributed by atoms with van der Waals surface area (Å²) in [6.07, 6.45) is 1.23. The van der Waals surface area contributed by atoms with Gasteiger partial charge >= 0.3 is 0 Å². The summed E-state index contributed by atoms with van der Waals surface area (Å²) >= 11 is 11.5. The van der Waals surface area contributed by atoms with Crippen molar-refractivity contribution in [3.8, 4) is 5.75 Å². The molecule has 0 saturated carbocycles. The van der Waals surface area contributed by atoms with Gasteiger partial charge < -0.3 is 4.74 Å². The average Bonchev–Trinajstić information content (AvgIpc) is 2.18. The molecule has 0 amide bonds. The molecule has 0 heterocycles. The Bertz CT molecular complexity index is 315. The third-order valence-corrected chi connectivity index (χ3v) is 2.61.